The lowest BCUT2D eigenvalue weighted by Crippen LogP contribution is -2.24. The number of aryl methyl sites for hydroxylation is 1. The van der Waals surface area contributed by atoms with Crippen LogP contribution in [0.4, 0.5) is 8.78 Å². The molecule has 0 bridgehead atoms. The van der Waals surface area contributed by atoms with Gasteiger partial charge in [0, 0.05) is 10.0 Å². The Labute approximate surface area is 132 Å². The molecule has 2 rings (SSSR count). The lowest BCUT2D eigenvalue weighted by Gasteiger charge is -2.21. The minimum atomic E-state index is -0.354. The summed E-state index contributed by atoms with van der Waals surface area (Å²) in [4.78, 5) is 0. The second-order valence-corrected chi connectivity index (χ2v) is 6.03. The summed E-state index contributed by atoms with van der Waals surface area (Å²) in [5.41, 5.74) is 2.09. The molecule has 0 amide bonds. The van der Waals surface area contributed by atoms with Crippen molar-refractivity contribution in [2.75, 3.05) is 6.54 Å². The van der Waals surface area contributed by atoms with Crippen molar-refractivity contribution in [2.24, 2.45) is 0 Å². The Morgan fingerprint density at radius 1 is 1.14 bits per heavy atom. The maximum absolute atomic E-state index is 14.3. The van der Waals surface area contributed by atoms with E-state index < -0.39 is 0 Å². The van der Waals surface area contributed by atoms with Crippen molar-refractivity contribution >= 4 is 15.9 Å². The molecule has 0 heterocycles. The molecule has 21 heavy (non-hydrogen) atoms. The molecule has 0 aliphatic rings. The van der Waals surface area contributed by atoms with E-state index in [9.17, 15) is 8.78 Å². The molecule has 2 aromatic rings. The summed E-state index contributed by atoms with van der Waals surface area (Å²) in [6, 6.07) is 9.42. The highest BCUT2D eigenvalue weighted by Gasteiger charge is 2.18. The van der Waals surface area contributed by atoms with Crippen molar-refractivity contribution in [3.05, 3.63) is 69.2 Å². The molecule has 0 aliphatic heterocycles. The van der Waals surface area contributed by atoms with Crippen LogP contribution in [-0.2, 0) is 0 Å². The van der Waals surface area contributed by atoms with Crippen molar-refractivity contribution in [1.29, 1.82) is 0 Å². The number of benzene rings is 2. The molecule has 1 nitrogen and oxygen atoms in total. The number of rotatable bonds is 5. The summed E-state index contributed by atoms with van der Waals surface area (Å²) in [6.45, 7) is 4.61. The monoisotopic (exact) mass is 353 g/mol. The Hall–Kier alpha value is -1.26. The zero-order valence-corrected chi connectivity index (χ0v) is 13.7. The van der Waals surface area contributed by atoms with Crippen LogP contribution in [0, 0.1) is 18.6 Å². The zero-order valence-electron chi connectivity index (χ0n) is 12.1. The minimum Gasteiger partial charge on any atom is -0.306 e. The normalized spacial score (nSPS) is 12.4. The van der Waals surface area contributed by atoms with Crippen molar-refractivity contribution < 1.29 is 8.78 Å². The quantitative estimate of drug-likeness (QED) is 0.785. The van der Waals surface area contributed by atoms with Gasteiger partial charge >= 0.3 is 0 Å². The van der Waals surface area contributed by atoms with Crippen LogP contribution < -0.4 is 5.32 Å². The van der Waals surface area contributed by atoms with Crippen LogP contribution in [0.1, 0.15) is 36.1 Å². The lowest BCUT2D eigenvalue weighted by molar-refractivity contribution is 0.542. The number of hydrogen-bond donors (Lipinski definition) is 1. The predicted octanol–water partition coefficient (Wildman–Crippen LogP) is 5.12. The third-order valence-electron chi connectivity index (χ3n) is 3.27. The summed E-state index contributed by atoms with van der Waals surface area (Å²) >= 11 is 3.26. The van der Waals surface area contributed by atoms with Gasteiger partial charge < -0.3 is 5.32 Å². The van der Waals surface area contributed by atoms with Crippen LogP contribution in [0.3, 0.4) is 0 Å². The van der Waals surface area contributed by atoms with Gasteiger partial charge in [-0.2, -0.15) is 0 Å². The molecule has 1 N–H and O–H groups in total. The first kappa shape index (κ1) is 16.1. The van der Waals surface area contributed by atoms with Gasteiger partial charge in [0.15, 0.2) is 0 Å². The van der Waals surface area contributed by atoms with Gasteiger partial charge in [0.1, 0.15) is 11.6 Å². The lowest BCUT2D eigenvalue weighted by atomic mass is 9.96. The van der Waals surface area contributed by atoms with Crippen molar-refractivity contribution in [3.8, 4) is 0 Å². The largest absolute Gasteiger partial charge is 0.306 e. The van der Waals surface area contributed by atoms with Gasteiger partial charge in [0.25, 0.3) is 0 Å². The first-order chi connectivity index (χ1) is 10.0. The van der Waals surface area contributed by atoms with Crippen LogP contribution in [-0.4, -0.2) is 6.54 Å². The summed E-state index contributed by atoms with van der Waals surface area (Å²) < 4.78 is 28.6. The van der Waals surface area contributed by atoms with Crippen LogP contribution in [0.25, 0.3) is 0 Å². The van der Waals surface area contributed by atoms with E-state index >= 15 is 0 Å². The molecule has 0 spiro atoms. The third-order valence-corrected chi connectivity index (χ3v) is 3.76. The SMILES string of the molecule is CCCNC(c1cc(C)cc(F)c1)c1ccc(Br)cc1F. The van der Waals surface area contributed by atoms with E-state index in [2.05, 4.69) is 21.2 Å². The van der Waals surface area contributed by atoms with Crippen LogP contribution >= 0.6 is 15.9 Å². The van der Waals surface area contributed by atoms with Gasteiger partial charge in [-0.05, 0) is 55.3 Å². The van der Waals surface area contributed by atoms with E-state index in [0.717, 1.165) is 24.1 Å². The fourth-order valence-electron chi connectivity index (χ4n) is 2.36. The van der Waals surface area contributed by atoms with E-state index in [0.29, 0.717) is 10.0 Å². The third kappa shape index (κ3) is 4.11. The van der Waals surface area contributed by atoms with Gasteiger partial charge in [-0.1, -0.05) is 35.0 Å². The highest BCUT2D eigenvalue weighted by molar-refractivity contribution is 9.10. The van der Waals surface area contributed by atoms with Crippen LogP contribution in [0.5, 0.6) is 0 Å². The van der Waals surface area contributed by atoms with E-state index in [1.807, 2.05) is 19.9 Å². The molecule has 0 aromatic heterocycles. The van der Waals surface area contributed by atoms with Gasteiger partial charge in [-0.25, -0.2) is 8.78 Å². The molecule has 0 fully saturated rings. The molecule has 4 heteroatoms. The maximum Gasteiger partial charge on any atom is 0.129 e. The molecular formula is C17H18BrF2N. The Morgan fingerprint density at radius 3 is 2.52 bits per heavy atom. The van der Waals surface area contributed by atoms with E-state index in [4.69, 9.17) is 0 Å². The van der Waals surface area contributed by atoms with Gasteiger partial charge in [-0.15, -0.1) is 0 Å². The standard InChI is InChI=1S/C17H18BrF2N/c1-3-6-21-17(12-7-11(2)8-14(19)9-12)15-5-4-13(18)10-16(15)20/h4-5,7-10,17,21H,3,6H2,1-2H3. The fourth-order valence-corrected chi connectivity index (χ4v) is 2.70. The maximum atomic E-state index is 14.3. The van der Waals surface area contributed by atoms with Gasteiger partial charge in [0.2, 0.25) is 0 Å². The fraction of sp³-hybridized carbons (Fsp3) is 0.294. The van der Waals surface area contributed by atoms with Crippen molar-refractivity contribution in [1.82, 2.24) is 5.32 Å². The molecule has 1 unspecified atom stereocenters. The molecule has 112 valence electrons. The second-order valence-electron chi connectivity index (χ2n) is 5.11. The highest BCUT2D eigenvalue weighted by atomic mass is 79.9. The van der Waals surface area contributed by atoms with E-state index in [1.54, 1.807) is 12.1 Å². The summed E-state index contributed by atoms with van der Waals surface area (Å²) in [5, 5.41) is 3.29. The number of halogens is 3. The second kappa shape index (κ2) is 7.14. The van der Waals surface area contributed by atoms with Crippen LogP contribution in [0.2, 0.25) is 0 Å². The predicted molar refractivity (Wildman–Crippen MR) is 85.4 cm³/mol. The Morgan fingerprint density at radius 2 is 1.90 bits per heavy atom. The average Bonchev–Trinajstić information content (AvgIpc) is 2.40. The number of nitrogens with one attached hydrogen (secondary N) is 1. The molecule has 0 radical (unpaired) electrons. The van der Waals surface area contributed by atoms with E-state index in [1.165, 1.54) is 18.2 Å². The summed E-state index contributed by atoms with van der Waals surface area (Å²) in [7, 11) is 0. The van der Waals surface area contributed by atoms with Gasteiger partial charge in [0.05, 0.1) is 6.04 Å². The molecule has 0 saturated heterocycles. The number of hydrogen-bond acceptors (Lipinski definition) is 1. The summed E-state index contributed by atoms with van der Waals surface area (Å²) in [6.07, 6.45) is 0.920. The van der Waals surface area contributed by atoms with Crippen molar-refractivity contribution in [2.45, 2.75) is 26.3 Å². The first-order valence-corrected chi connectivity index (χ1v) is 7.76. The van der Waals surface area contributed by atoms with Crippen molar-refractivity contribution in [3.63, 3.8) is 0 Å². The molecular weight excluding hydrogens is 336 g/mol. The first-order valence-electron chi connectivity index (χ1n) is 6.96. The average molecular weight is 354 g/mol. The van der Waals surface area contributed by atoms with Crippen LogP contribution in [0.15, 0.2) is 40.9 Å². The van der Waals surface area contributed by atoms with Gasteiger partial charge in [-0.3, -0.25) is 0 Å². The topological polar surface area (TPSA) is 12.0 Å². The Bertz CT molecular complexity index is 608. The molecule has 0 aliphatic carbocycles. The molecule has 1 atom stereocenters. The molecule has 0 saturated carbocycles. The van der Waals surface area contributed by atoms with E-state index in [-0.39, 0.29) is 17.7 Å². The molecule has 2 aromatic carbocycles. The summed E-state index contributed by atoms with van der Waals surface area (Å²) in [5.74, 6) is -0.606. The highest BCUT2D eigenvalue weighted by Crippen LogP contribution is 2.27. The minimum absolute atomic E-state index is 0.300. The zero-order chi connectivity index (χ0) is 15.4. The Kier molecular flexibility index (Phi) is 5.48. The smallest absolute Gasteiger partial charge is 0.129 e. The Balaban J connectivity index is 2.46.